The van der Waals surface area contributed by atoms with Crippen molar-refractivity contribution in [1.29, 1.82) is 0 Å². The van der Waals surface area contributed by atoms with Gasteiger partial charge in [-0.2, -0.15) is 0 Å². The zero-order chi connectivity index (χ0) is 13.2. The third-order valence-corrected chi connectivity index (χ3v) is 2.68. The van der Waals surface area contributed by atoms with Gasteiger partial charge in [0.15, 0.2) is 0 Å². The molecule has 0 aliphatic carbocycles. The van der Waals surface area contributed by atoms with Gasteiger partial charge in [-0.25, -0.2) is 0 Å². The standard InChI is InChI=1S/C10H15N.C6H7N/c1-3-11(4-2)10-8-6-5-7-9-10;7-6-4-2-1-3-5-6/h5-9H,3-4H2,1-2H3;1-5H,7H2. The maximum absolute atomic E-state index is 5.36. The summed E-state index contributed by atoms with van der Waals surface area (Å²) in [6, 6.07) is 20.0. The van der Waals surface area contributed by atoms with Crippen LogP contribution in [-0.2, 0) is 0 Å². The Morgan fingerprint density at radius 2 is 1.22 bits per heavy atom. The van der Waals surface area contributed by atoms with E-state index in [4.69, 9.17) is 5.73 Å². The Morgan fingerprint density at radius 3 is 1.56 bits per heavy atom. The van der Waals surface area contributed by atoms with Crippen LogP contribution in [0.15, 0.2) is 60.7 Å². The van der Waals surface area contributed by atoms with Gasteiger partial charge in [0.1, 0.15) is 0 Å². The molecule has 2 heteroatoms. The second-order valence-electron chi connectivity index (χ2n) is 3.92. The van der Waals surface area contributed by atoms with Crippen LogP contribution in [-0.4, -0.2) is 13.1 Å². The maximum Gasteiger partial charge on any atom is 0.0365 e. The molecule has 0 spiro atoms. The Morgan fingerprint density at radius 1 is 0.778 bits per heavy atom. The number of nitrogens with two attached hydrogens (primary N) is 1. The molecular formula is C16H22N2. The van der Waals surface area contributed by atoms with Crippen LogP contribution in [0.25, 0.3) is 0 Å². The van der Waals surface area contributed by atoms with Crippen LogP contribution < -0.4 is 10.6 Å². The van der Waals surface area contributed by atoms with Gasteiger partial charge >= 0.3 is 0 Å². The number of hydrogen-bond donors (Lipinski definition) is 1. The van der Waals surface area contributed by atoms with Gasteiger partial charge in [0.2, 0.25) is 0 Å². The van der Waals surface area contributed by atoms with Crippen LogP contribution in [0, 0.1) is 0 Å². The fourth-order valence-corrected chi connectivity index (χ4v) is 1.68. The average Bonchev–Trinajstić information content (AvgIpc) is 2.43. The van der Waals surface area contributed by atoms with E-state index in [0.29, 0.717) is 0 Å². The normalized spacial score (nSPS) is 9.22. The lowest BCUT2D eigenvalue weighted by Gasteiger charge is -2.20. The molecule has 96 valence electrons. The van der Waals surface area contributed by atoms with Gasteiger partial charge in [0, 0.05) is 24.5 Å². The molecule has 2 nitrogen and oxygen atoms in total. The minimum Gasteiger partial charge on any atom is -0.399 e. The van der Waals surface area contributed by atoms with Crippen LogP contribution in [0.5, 0.6) is 0 Å². The highest BCUT2D eigenvalue weighted by atomic mass is 15.1. The van der Waals surface area contributed by atoms with E-state index in [2.05, 4.69) is 43.0 Å². The van der Waals surface area contributed by atoms with Crippen molar-refractivity contribution in [3.63, 3.8) is 0 Å². The van der Waals surface area contributed by atoms with Crippen molar-refractivity contribution in [1.82, 2.24) is 0 Å². The molecular weight excluding hydrogens is 220 g/mol. The van der Waals surface area contributed by atoms with E-state index in [0.717, 1.165) is 18.8 Å². The van der Waals surface area contributed by atoms with E-state index >= 15 is 0 Å². The molecule has 0 fully saturated rings. The summed E-state index contributed by atoms with van der Waals surface area (Å²) in [5.74, 6) is 0. The van der Waals surface area contributed by atoms with Crippen molar-refractivity contribution in [3.8, 4) is 0 Å². The van der Waals surface area contributed by atoms with Crippen molar-refractivity contribution in [3.05, 3.63) is 60.7 Å². The van der Waals surface area contributed by atoms with E-state index in [1.54, 1.807) is 0 Å². The molecule has 0 aromatic heterocycles. The van der Waals surface area contributed by atoms with E-state index in [-0.39, 0.29) is 0 Å². The van der Waals surface area contributed by atoms with Crippen LogP contribution in [0.2, 0.25) is 0 Å². The molecule has 18 heavy (non-hydrogen) atoms. The van der Waals surface area contributed by atoms with Crippen molar-refractivity contribution >= 4 is 11.4 Å². The fraction of sp³-hybridized carbons (Fsp3) is 0.250. The first-order chi connectivity index (χ1) is 8.77. The zero-order valence-corrected chi connectivity index (χ0v) is 11.2. The van der Waals surface area contributed by atoms with Gasteiger partial charge in [-0.15, -0.1) is 0 Å². The second-order valence-corrected chi connectivity index (χ2v) is 3.92. The van der Waals surface area contributed by atoms with Crippen LogP contribution in [0.4, 0.5) is 11.4 Å². The molecule has 2 aromatic carbocycles. The number of hydrogen-bond acceptors (Lipinski definition) is 2. The summed E-state index contributed by atoms with van der Waals surface area (Å²) in [5.41, 5.74) is 7.50. The Balaban J connectivity index is 0.000000199. The van der Waals surface area contributed by atoms with E-state index in [1.165, 1.54) is 5.69 Å². The molecule has 2 N–H and O–H groups in total. The fourth-order valence-electron chi connectivity index (χ4n) is 1.68. The smallest absolute Gasteiger partial charge is 0.0365 e. The molecule has 0 aliphatic heterocycles. The topological polar surface area (TPSA) is 29.3 Å². The number of rotatable bonds is 3. The number of anilines is 2. The summed E-state index contributed by atoms with van der Waals surface area (Å²) >= 11 is 0. The van der Waals surface area contributed by atoms with Gasteiger partial charge in [-0.1, -0.05) is 36.4 Å². The van der Waals surface area contributed by atoms with Crippen molar-refractivity contribution in [2.24, 2.45) is 0 Å². The van der Waals surface area contributed by atoms with Crippen molar-refractivity contribution < 1.29 is 0 Å². The van der Waals surface area contributed by atoms with Crippen molar-refractivity contribution in [2.45, 2.75) is 13.8 Å². The minimum absolute atomic E-state index is 0.822. The Kier molecular flexibility index (Phi) is 6.41. The van der Waals surface area contributed by atoms with Crippen LogP contribution >= 0.6 is 0 Å². The molecule has 0 amide bonds. The molecule has 0 bridgehead atoms. The summed E-state index contributed by atoms with van der Waals surface area (Å²) in [5, 5.41) is 0. The van der Waals surface area contributed by atoms with Gasteiger partial charge in [0.25, 0.3) is 0 Å². The molecule has 2 rings (SSSR count). The Hall–Kier alpha value is -1.96. The van der Waals surface area contributed by atoms with Gasteiger partial charge in [0.05, 0.1) is 0 Å². The third-order valence-electron chi connectivity index (χ3n) is 2.68. The summed E-state index contributed by atoms with van der Waals surface area (Å²) in [6.07, 6.45) is 0. The average molecular weight is 242 g/mol. The molecule has 0 atom stereocenters. The Labute approximate surface area is 110 Å². The first-order valence-corrected chi connectivity index (χ1v) is 6.38. The number of para-hydroxylation sites is 2. The summed E-state index contributed by atoms with van der Waals surface area (Å²) < 4.78 is 0. The molecule has 2 aromatic rings. The predicted molar refractivity (Wildman–Crippen MR) is 80.9 cm³/mol. The van der Waals surface area contributed by atoms with E-state index in [9.17, 15) is 0 Å². The zero-order valence-electron chi connectivity index (χ0n) is 11.2. The molecule has 0 unspecified atom stereocenters. The van der Waals surface area contributed by atoms with E-state index < -0.39 is 0 Å². The van der Waals surface area contributed by atoms with E-state index in [1.807, 2.05) is 36.4 Å². The molecule has 0 aliphatic rings. The lowest BCUT2D eigenvalue weighted by molar-refractivity contribution is 0.866. The summed E-state index contributed by atoms with van der Waals surface area (Å²) in [7, 11) is 0. The number of nitrogens with zero attached hydrogens (tertiary/aromatic N) is 1. The van der Waals surface area contributed by atoms with Crippen LogP contribution in [0.1, 0.15) is 13.8 Å². The minimum atomic E-state index is 0.822. The maximum atomic E-state index is 5.36. The monoisotopic (exact) mass is 242 g/mol. The first-order valence-electron chi connectivity index (χ1n) is 6.38. The quantitative estimate of drug-likeness (QED) is 0.829. The molecule has 0 radical (unpaired) electrons. The van der Waals surface area contributed by atoms with Gasteiger partial charge in [-0.3, -0.25) is 0 Å². The molecule has 0 saturated carbocycles. The second kappa shape index (κ2) is 8.18. The highest BCUT2D eigenvalue weighted by molar-refractivity contribution is 5.45. The SMILES string of the molecule is CCN(CC)c1ccccc1.Nc1ccccc1. The summed E-state index contributed by atoms with van der Waals surface area (Å²) in [6.45, 7) is 6.52. The van der Waals surface area contributed by atoms with Crippen molar-refractivity contribution in [2.75, 3.05) is 23.7 Å². The Bertz CT molecular complexity index is 408. The lowest BCUT2D eigenvalue weighted by atomic mass is 10.3. The largest absolute Gasteiger partial charge is 0.399 e. The summed E-state index contributed by atoms with van der Waals surface area (Å²) in [4.78, 5) is 2.33. The predicted octanol–water partition coefficient (Wildman–Crippen LogP) is 3.80. The van der Waals surface area contributed by atoms with Gasteiger partial charge < -0.3 is 10.6 Å². The highest BCUT2D eigenvalue weighted by Gasteiger charge is 1.97. The first kappa shape index (κ1) is 14.1. The van der Waals surface area contributed by atoms with Crippen LogP contribution in [0.3, 0.4) is 0 Å². The molecule has 0 heterocycles. The number of nitrogen functional groups attached to an aromatic ring is 1. The number of benzene rings is 2. The third kappa shape index (κ3) is 4.91. The van der Waals surface area contributed by atoms with Gasteiger partial charge in [-0.05, 0) is 38.1 Å². The highest BCUT2D eigenvalue weighted by Crippen LogP contribution is 2.11. The lowest BCUT2D eigenvalue weighted by Crippen LogP contribution is -2.21. The molecule has 0 saturated heterocycles.